The normalized spacial score (nSPS) is 14.2. The molecular weight excluding hydrogens is 350 g/mol. The lowest BCUT2D eigenvalue weighted by molar-refractivity contribution is -0.883. The van der Waals surface area contributed by atoms with E-state index in [0.29, 0.717) is 19.8 Å². The lowest BCUT2D eigenvalue weighted by Gasteiger charge is -2.24. The van der Waals surface area contributed by atoms with Gasteiger partial charge in [-0.1, -0.05) is 60.7 Å². The number of quaternary nitrogens is 1. The van der Waals surface area contributed by atoms with Crippen molar-refractivity contribution in [3.05, 3.63) is 71.8 Å². The Labute approximate surface area is 170 Å². The highest BCUT2D eigenvalue weighted by atomic mass is 16.5. The van der Waals surface area contributed by atoms with Crippen LogP contribution in [0.4, 0.5) is 0 Å². The van der Waals surface area contributed by atoms with Gasteiger partial charge in [-0.25, -0.2) is 0 Å². The molecular formula is C24H36NO3+. The topological polar surface area (TPSA) is 43.1 Å². The van der Waals surface area contributed by atoms with Crippen molar-refractivity contribution in [1.82, 2.24) is 0 Å². The highest BCUT2D eigenvalue weighted by Gasteiger charge is 2.17. The quantitative estimate of drug-likeness (QED) is 0.584. The van der Waals surface area contributed by atoms with Crippen molar-refractivity contribution >= 4 is 0 Å². The van der Waals surface area contributed by atoms with Crippen molar-refractivity contribution in [3.63, 3.8) is 0 Å². The van der Waals surface area contributed by atoms with Crippen LogP contribution in [0.15, 0.2) is 60.7 Å². The minimum absolute atomic E-state index is 0.0477. The van der Waals surface area contributed by atoms with E-state index in [1.807, 2.05) is 57.2 Å². The van der Waals surface area contributed by atoms with Crippen LogP contribution >= 0.6 is 0 Å². The molecule has 0 bridgehead atoms. The van der Waals surface area contributed by atoms with Crippen LogP contribution in [-0.2, 0) is 9.47 Å². The predicted molar refractivity (Wildman–Crippen MR) is 114 cm³/mol. The fourth-order valence-corrected chi connectivity index (χ4v) is 3.13. The minimum Gasteiger partial charge on any atom is -0.385 e. The van der Waals surface area contributed by atoms with Gasteiger partial charge < -0.3 is 19.5 Å². The summed E-state index contributed by atoms with van der Waals surface area (Å²) in [5.74, 6) is 0. The SMILES string of the molecule is C[NH+](CCCOC(c1ccccc1)c1ccccc1)CC(O)COC(C)(C)C. The molecule has 0 aliphatic heterocycles. The van der Waals surface area contributed by atoms with E-state index in [4.69, 9.17) is 9.47 Å². The number of hydrogen-bond acceptors (Lipinski definition) is 3. The molecule has 4 nitrogen and oxygen atoms in total. The Morgan fingerprint density at radius 2 is 1.46 bits per heavy atom. The summed E-state index contributed by atoms with van der Waals surface area (Å²) in [6.45, 7) is 8.69. The monoisotopic (exact) mass is 386 g/mol. The summed E-state index contributed by atoms with van der Waals surface area (Å²) in [6, 6.07) is 20.7. The van der Waals surface area contributed by atoms with Crippen molar-refractivity contribution in [3.8, 4) is 0 Å². The molecule has 0 aliphatic carbocycles. The third kappa shape index (κ3) is 8.53. The van der Waals surface area contributed by atoms with E-state index in [9.17, 15) is 5.11 Å². The van der Waals surface area contributed by atoms with Gasteiger partial charge in [-0.05, 0) is 31.9 Å². The maximum Gasteiger partial charge on any atom is 0.126 e. The molecule has 0 heterocycles. The Kier molecular flexibility index (Phi) is 9.13. The van der Waals surface area contributed by atoms with Crippen LogP contribution in [0, 0.1) is 0 Å². The summed E-state index contributed by atoms with van der Waals surface area (Å²) in [6.07, 6.45) is 0.449. The molecule has 0 amide bonds. The van der Waals surface area contributed by atoms with Crippen LogP contribution < -0.4 is 4.90 Å². The number of likely N-dealkylation sites (N-methyl/N-ethyl adjacent to an activating group) is 1. The minimum atomic E-state index is -0.443. The molecule has 0 saturated carbocycles. The zero-order valence-electron chi connectivity index (χ0n) is 17.7. The molecule has 2 aromatic rings. The number of aliphatic hydroxyl groups excluding tert-OH is 1. The maximum absolute atomic E-state index is 10.1. The van der Waals surface area contributed by atoms with E-state index < -0.39 is 6.10 Å². The Bertz CT molecular complexity index is 615. The van der Waals surface area contributed by atoms with Crippen molar-refractivity contribution in [2.24, 2.45) is 0 Å². The second kappa shape index (κ2) is 11.3. The van der Waals surface area contributed by atoms with Gasteiger partial charge in [0.05, 0.1) is 32.4 Å². The molecule has 0 radical (unpaired) electrons. The third-order valence-corrected chi connectivity index (χ3v) is 4.53. The molecule has 2 aromatic carbocycles. The van der Waals surface area contributed by atoms with Crippen molar-refractivity contribution < 1.29 is 19.5 Å². The largest absolute Gasteiger partial charge is 0.385 e. The van der Waals surface area contributed by atoms with Crippen molar-refractivity contribution in [1.29, 1.82) is 0 Å². The first-order valence-electron chi connectivity index (χ1n) is 10.2. The van der Waals surface area contributed by atoms with Crippen LogP contribution in [0.2, 0.25) is 0 Å². The Hall–Kier alpha value is -1.72. The Balaban J connectivity index is 1.78. The first-order chi connectivity index (χ1) is 13.3. The second-order valence-electron chi connectivity index (χ2n) is 8.41. The van der Waals surface area contributed by atoms with Gasteiger partial charge in [0.1, 0.15) is 18.8 Å². The number of benzene rings is 2. The van der Waals surface area contributed by atoms with Gasteiger partial charge in [0.25, 0.3) is 0 Å². The summed E-state index contributed by atoms with van der Waals surface area (Å²) >= 11 is 0. The molecule has 28 heavy (non-hydrogen) atoms. The lowest BCUT2D eigenvalue weighted by Crippen LogP contribution is -3.10. The van der Waals surface area contributed by atoms with Crippen LogP contribution in [-0.4, -0.2) is 50.2 Å². The molecule has 0 saturated heterocycles. The van der Waals surface area contributed by atoms with E-state index in [0.717, 1.165) is 13.0 Å². The van der Waals surface area contributed by atoms with Crippen LogP contribution in [0.1, 0.15) is 44.4 Å². The van der Waals surface area contributed by atoms with E-state index >= 15 is 0 Å². The fraction of sp³-hybridized carbons (Fsp3) is 0.500. The zero-order valence-corrected chi connectivity index (χ0v) is 17.7. The van der Waals surface area contributed by atoms with E-state index in [1.165, 1.54) is 16.0 Å². The van der Waals surface area contributed by atoms with E-state index in [-0.39, 0.29) is 11.7 Å². The molecule has 4 heteroatoms. The molecule has 2 unspecified atom stereocenters. The van der Waals surface area contributed by atoms with Gasteiger partial charge in [0, 0.05) is 6.42 Å². The number of nitrogens with one attached hydrogen (secondary N) is 1. The molecule has 2 atom stereocenters. The van der Waals surface area contributed by atoms with Crippen LogP contribution in [0.5, 0.6) is 0 Å². The number of aliphatic hydroxyl groups is 1. The zero-order chi connectivity index (χ0) is 20.4. The molecule has 0 aromatic heterocycles. The summed E-state index contributed by atoms with van der Waals surface area (Å²) in [5.41, 5.74) is 2.13. The van der Waals surface area contributed by atoms with E-state index in [1.54, 1.807) is 0 Å². The third-order valence-electron chi connectivity index (χ3n) is 4.53. The Morgan fingerprint density at radius 3 is 1.96 bits per heavy atom. The summed E-state index contributed by atoms with van der Waals surface area (Å²) in [5, 5.41) is 10.1. The first-order valence-corrected chi connectivity index (χ1v) is 10.2. The number of hydrogen-bond donors (Lipinski definition) is 2. The summed E-state index contributed by atoms with van der Waals surface area (Å²) in [7, 11) is 2.10. The van der Waals surface area contributed by atoms with Gasteiger partial charge in [-0.15, -0.1) is 0 Å². The van der Waals surface area contributed by atoms with Crippen molar-refractivity contribution in [2.45, 2.75) is 45.0 Å². The first kappa shape index (κ1) is 22.6. The molecule has 154 valence electrons. The second-order valence-corrected chi connectivity index (χ2v) is 8.41. The van der Waals surface area contributed by atoms with Crippen LogP contribution in [0.25, 0.3) is 0 Å². The molecule has 2 rings (SSSR count). The highest BCUT2D eigenvalue weighted by Crippen LogP contribution is 2.25. The molecule has 0 spiro atoms. The smallest absolute Gasteiger partial charge is 0.126 e. The van der Waals surface area contributed by atoms with Gasteiger partial charge in [-0.2, -0.15) is 0 Å². The predicted octanol–water partition coefficient (Wildman–Crippen LogP) is 2.87. The van der Waals surface area contributed by atoms with Gasteiger partial charge >= 0.3 is 0 Å². The number of rotatable bonds is 11. The number of ether oxygens (including phenoxy) is 2. The van der Waals surface area contributed by atoms with Crippen LogP contribution in [0.3, 0.4) is 0 Å². The molecule has 0 aliphatic rings. The lowest BCUT2D eigenvalue weighted by atomic mass is 10.0. The fourth-order valence-electron chi connectivity index (χ4n) is 3.13. The summed E-state index contributed by atoms with van der Waals surface area (Å²) < 4.78 is 11.9. The average Bonchev–Trinajstić information content (AvgIpc) is 2.67. The average molecular weight is 387 g/mol. The van der Waals surface area contributed by atoms with Gasteiger partial charge in [0.2, 0.25) is 0 Å². The van der Waals surface area contributed by atoms with Gasteiger partial charge in [0.15, 0.2) is 0 Å². The Morgan fingerprint density at radius 1 is 0.929 bits per heavy atom. The highest BCUT2D eigenvalue weighted by molar-refractivity contribution is 5.29. The maximum atomic E-state index is 10.1. The van der Waals surface area contributed by atoms with Crippen molar-refractivity contribution in [2.75, 3.05) is 33.4 Å². The van der Waals surface area contributed by atoms with Gasteiger partial charge in [-0.3, -0.25) is 0 Å². The molecule has 0 fully saturated rings. The van der Waals surface area contributed by atoms with E-state index in [2.05, 4.69) is 31.3 Å². The standard InChI is InChI=1S/C24H35NO3/c1-24(2,3)28-19-22(26)18-25(4)16-11-17-27-23(20-12-7-5-8-13-20)21-14-9-6-10-15-21/h5-10,12-15,22-23,26H,11,16-19H2,1-4H3/p+1. The molecule has 2 N–H and O–H groups in total. The summed E-state index contributed by atoms with van der Waals surface area (Å²) in [4.78, 5) is 1.28.